The van der Waals surface area contributed by atoms with E-state index >= 15 is 0 Å². The number of carbonyl (C=O) groups excluding carboxylic acids is 1. The van der Waals surface area contributed by atoms with E-state index in [4.69, 9.17) is 4.74 Å². The van der Waals surface area contributed by atoms with Crippen molar-refractivity contribution in [1.29, 1.82) is 0 Å². The summed E-state index contributed by atoms with van der Waals surface area (Å²) in [6, 6.07) is 8.16. The topological polar surface area (TPSA) is 70.2 Å². The lowest BCUT2D eigenvalue weighted by molar-refractivity contribution is -0.135. The summed E-state index contributed by atoms with van der Waals surface area (Å²) in [6.45, 7) is 6.27. The Bertz CT molecular complexity index is 862. The van der Waals surface area contributed by atoms with Crippen LogP contribution >= 0.6 is 0 Å². The first-order chi connectivity index (χ1) is 13.8. The van der Waals surface area contributed by atoms with Crippen molar-refractivity contribution in [1.82, 2.24) is 14.1 Å². The lowest BCUT2D eigenvalue weighted by atomic mass is 9.75. The molecule has 2 atom stereocenters. The minimum atomic E-state index is -3.26. The average molecular weight is 422 g/mol. The van der Waals surface area contributed by atoms with Gasteiger partial charge in [-0.3, -0.25) is 9.69 Å². The number of nitrogens with zero attached hydrogens (tertiary/aromatic N) is 3. The standard InChI is InChI=1S/C21H31N3O4S/c1-4-24-20(25)18-14-23(29(3,26)27)15-19(18)21(24)9-11-22(12-10-21)13-16-5-7-17(28-2)8-6-16/h5-8,18-19H,4,9-15H2,1-3H3/t18-,19+/m1/s1. The van der Waals surface area contributed by atoms with Crippen LogP contribution in [-0.2, 0) is 21.4 Å². The molecule has 1 amide bonds. The smallest absolute Gasteiger partial charge is 0.227 e. The molecule has 0 radical (unpaired) electrons. The van der Waals surface area contributed by atoms with Crippen molar-refractivity contribution >= 4 is 15.9 Å². The fraction of sp³-hybridized carbons (Fsp3) is 0.667. The number of benzene rings is 1. The van der Waals surface area contributed by atoms with Crippen LogP contribution < -0.4 is 4.74 Å². The van der Waals surface area contributed by atoms with Crippen molar-refractivity contribution in [2.45, 2.75) is 31.8 Å². The molecule has 0 aliphatic carbocycles. The fourth-order valence-corrected chi connectivity index (χ4v) is 6.51. The third-order valence-corrected chi connectivity index (χ3v) is 8.41. The molecule has 0 bridgehead atoms. The minimum absolute atomic E-state index is 0.104. The molecule has 160 valence electrons. The zero-order valence-corrected chi connectivity index (χ0v) is 18.3. The van der Waals surface area contributed by atoms with Gasteiger partial charge in [-0.2, -0.15) is 0 Å². The molecule has 0 unspecified atom stereocenters. The van der Waals surface area contributed by atoms with E-state index in [0.29, 0.717) is 19.6 Å². The summed E-state index contributed by atoms with van der Waals surface area (Å²) in [6.07, 6.45) is 3.06. The molecule has 4 rings (SSSR count). The van der Waals surface area contributed by atoms with Crippen LogP contribution in [0.25, 0.3) is 0 Å². The molecule has 3 fully saturated rings. The molecular formula is C21H31N3O4S. The molecule has 1 aromatic carbocycles. The van der Waals surface area contributed by atoms with Crippen LogP contribution in [-0.4, -0.2) is 80.1 Å². The van der Waals surface area contributed by atoms with Crippen LogP contribution in [0.3, 0.4) is 0 Å². The van der Waals surface area contributed by atoms with E-state index in [1.54, 1.807) is 7.11 Å². The molecule has 3 aliphatic rings. The van der Waals surface area contributed by atoms with E-state index < -0.39 is 10.0 Å². The van der Waals surface area contributed by atoms with Crippen LogP contribution in [0.5, 0.6) is 5.75 Å². The van der Waals surface area contributed by atoms with Gasteiger partial charge >= 0.3 is 0 Å². The van der Waals surface area contributed by atoms with Crippen molar-refractivity contribution in [3.63, 3.8) is 0 Å². The molecule has 0 saturated carbocycles. The van der Waals surface area contributed by atoms with E-state index in [2.05, 4.69) is 21.9 Å². The molecule has 1 aromatic rings. The number of hydrogen-bond donors (Lipinski definition) is 0. The van der Waals surface area contributed by atoms with Crippen molar-refractivity contribution in [2.75, 3.05) is 46.1 Å². The summed E-state index contributed by atoms with van der Waals surface area (Å²) in [5.74, 6) is 0.926. The van der Waals surface area contributed by atoms with E-state index in [1.165, 1.54) is 16.1 Å². The van der Waals surface area contributed by atoms with Gasteiger partial charge in [0, 0.05) is 45.2 Å². The van der Waals surface area contributed by atoms with Gasteiger partial charge in [0.05, 0.1) is 24.8 Å². The number of fused-ring (bicyclic) bond motifs is 2. The summed E-state index contributed by atoms with van der Waals surface area (Å²) in [5.41, 5.74) is 1.05. The van der Waals surface area contributed by atoms with Crippen LogP contribution in [0.15, 0.2) is 24.3 Å². The summed E-state index contributed by atoms with van der Waals surface area (Å²) >= 11 is 0. The van der Waals surface area contributed by atoms with E-state index in [-0.39, 0.29) is 23.3 Å². The first-order valence-corrected chi connectivity index (χ1v) is 12.2. The Balaban J connectivity index is 1.48. The Morgan fingerprint density at radius 1 is 1.14 bits per heavy atom. The Kier molecular flexibility index (Phi) is 5.38. The summed E-state index contributed by atoms with van der Waals surface area (Å²) in [5, 5.41) is 0. The van der Waals surface area contributed by atoms with Gasteiger partial charge in [-0.25, -0.2) is 12.7 Å². The lowest BCUT2D eigenvalue weighted by Gasteiger charge is -2.47. The first kappa shape index (κ1) is 20.6. The number of hydrogen-bond acceptors (Lipinski definition) is 5. The van der Waals surface area contributed by atoms with Crippen LogP contribution in [0.2, 0.25) is 0 Å². The van der Waals surface area contributed by atoms with Gasteiger partial charge in [0.25, 0.3) is 0 Å². The number of carbonyl (C=O) groups is 1. The zero-order valence-electron chi connectivity index (χ0n) is 17.5. The Labute approximate surface area is 173 Å². The molecule has 0 aromatic heterocycles. The second-order valence-corrected chi connectivity index (χ2v) is 10.6. The predicted octanol–water partition coefficient (Wildman–Crippen LogP) is 1.40. The summed E-state index contributed by atoms with van der Waals surface area (Å²) in [7, 11) is -1.59. The minimum Gasteiger partial charge on any atom is -0.497 e. The number of ether oxygens (including phenoxy) is 1. The highest BCUT2D eigenvalue weighted by Gasteiger charge is 2.61. The largest absolute Gasteiger partial charge is 0.497 e. The monoisotopic (exact) mass is 421 g/mol. The highest BCUT2D eigenvalue weighted by molar-refractivity contribution is 7.88. The molecule has 3 saturated heterocycles. The molecular weight excluding hydrogens is 390 g/mol. The normalized spacial score (nSPS) is 27.6. The van der Waals surface area contributed by atoms with Crippen molar-refractivity contribution < 1.29 is 17.9 Å². The predicted molar refractivity (Wildman–Crippen MR) is 111 cm³/mol. The van der Waals surface area contributed by atoms with Crippen LogP contribution in [0, 0.1) is 11.8 Å². The summed E-state index contributed by atoms with van der Waals surface area (Å²) in [4.78, 5) is 17.6. The van der Waals surface area contributed by atoms with Gasteiger partial charge in [-0.1, -0.05) is 12.1 Å². The Morgan fingerprint density at radius 2 is 1.79 bits per heavy atom. The SMILES string of the molecule is CCN1C(=O)[C@@H]2CN(S(C)(=O)=O)C[C@@H]2C12CCN(Cc1ccc(OC)cc1)CC2. The number of likely N-dealkylation sites (tertiary alicyclic amines) is 2. The van der Waals surface area contributed by atoms with Gasteiger partial charge in [0.1, 0.15) is 5.75 Å². The number of piperidine rings is 1. The number of methoxy groups -OCH3 is 1. The van der Waals surface area contributed by atoms with Crippen LogP contribution in [0.4, 0.5) is 0 Å². The average Bonchev–Trinajstić information content (AvgIpc) is 3.24. The second-order valence-electron chi connectivity index (χ2n) is 8.60. The molecule has 3 aliphatic heterocycles. The number of sulfonamides is 1. The maximum absolute atomic E-state index is 13.1. The van der Waals surface area contributed by atoms with Gasteiger partial charge in [0.2, 0.25) is 15.9 Å². The van der Waals surface area contributed by atoms with Crippen LogP contribution in [0.1, 0.15) is 25.3 Å². The van der Waals surface area contributed by atoms with Gasteiger partial charge in [-0.15, -0.1) is 0 Å². The molecule has 3 heterocycles. The van der Waals surface area contributed by atoms with Gasteiger partial charge < -0.3 is 9.64 Å². The molecule has 8 heteroatoms. The van der Waals surface area contributed by atoms with Crippen molar-refractivity contribution in [3.05, 3.63) is 29.8 Å². The highest BCUT2D eigenvalue weighted by atomic mass is 32.2. The van der Waals surface area contributed by atoms with E-state index in [9.17, 15) is 13.2 Å². The number of amides is 1. The maximum atomic E-state index is 13.1. The second kappa shape index (κ2) is 7.56. The number of rotatable bonds is 5. The molecule has 29 heavy (non-hydrogen) atoms. The first-order valence-electron chi connectivity index (χ1n) is 10.4. The quantitative estimate of drug-likeness (QED) is 0.719. The molecule has 1 spiro atoms. The Morgan fingerprint density at radius 3 is 2.34 bits per heavy atom. The van der Waals surface area contributed by atoms with Crippen molar-refractivity contribution in [2.24, 2.45) is 11.8 Å². The van der Waals surface area contributed by atoms with Crippen molar-refractivity contribution in [3.8, 4) is 5.75 Å². The zero-order chi connectivity index (χ0) is 20.8. The molecule has 0 N–H and O–H groups in total. The lowest BCUT2D eigenvalue weighted by Crippen LogP contribution is -2.57. The van der Waals surface area contributed by atoms with Gasteiger partial charge in [-0.05, 0) is 37.5 Å². The third-order valence-electron chi connectivity index (χ3n) is 7.17. The summed E-state index contributed by atoms with van der Waals surface area (Å²) < 4.78 is 30.9. The highest BCUT2D eigenvalue weighted by Crippen LogP contribution is 2.50. The van der Waals surface area contributed by atoms with Gasteiger partial charge in [0.15, 0.2) is 0 Å². The Hall–Kier alpha value is -1.64. The fourth-order valence-electron chi connectivity index (χ4n) is 5.65. The van der Waals surface area contributed by atoms with E-state index in [0.717, 1.165) is 38.2 Å². The maximum Gasteiger partial charge on any atom is 0.227 e. The van der Waals surface area contributed by atoms with E-state index in [1.807, 2.05) is 19.1 Å². The third kappa shape index (κ3) is 3.55. The molecule has 7 nitrogen and oxygen atoms in total.